The van der Waals surface area contributed by atoms with Gasteiger partial charge in [-0.25, -0.2) is 0 Å². The van der Waals surface area contributed by atoms with Crippen molar-refractivity contribution in [3.05, 3.63) is 46.5 Å². The summed E-state index contributed by atoms with van der Waals surface area (Å²) >= 11 is 0. The molecule has 0 aromatic heterocycles. The molecule has 4 spiro atoms. The number of aliphatic hydroxyl groups is 2. The Kier molecular flexibility index (Phi) is 8.64. The lowest BCUT2D eigenvalue weighted by atomic mass is 9.48. The smallest absolute Gasteiger partial charge is 0.207 e. The highest BCUT2D eigenvalue weighted by Crippen LogP contribution is 2.70. The van der Waals surface area contributed by atoms with Gasteiger partial charge in [-0.1, -0.05) is 38.8 Å². The van der Waals surface area contributed by atoms with Crippen LogP contribution in [-0.4, -0.2) is 135 Å². The minimum absolute atomic E-state index is 0.0210. The second-order valence-corrected chi connectivity index (χ2v) is 21.7. The molecule has 332 valence electrons. The molecule has 7 fully saturated rings. The summed E-state index contributed by atoms with van der Waals surface area (Å²) in [5, 5.41) is 24.8. The molecule has 12 heteroatoms. The minimum Gasteiger partial charge on any atom is -0.493 e. The van der Waals surface area contributed by atoms with E-state index in [1.807, 2.05) is 12.1 Å². The highest BCUT2D eigenvalue weighted by atomic mass is 16.7. The number of fused-ring (bicyclic) bond motifs is 3. The third-order valence-corrected chi connectivity index (χ3v) is 18.4. The van der Waals surface area contributed by atoms with Gasteiger partial charge in [0.1, 0.15) is 0 Å². The van der Waals surface area contributed by atoms with Gasteiger partial charge in [0.25, 0.3) is 0 Å². The van der Waals surface area contributed by atoms with Crippen molar-refractivity contribution in [1.82, 2.24) is 9.80 Å². The summed E-state index contributed by atoms with van der Waals surface area (Å²) in [4.78, 5) is 4.69. The molecule has 2 aromatic carbocycles. The molecular formula is C49H66N2O10. The van der Waals surface area contributed by atoms with E-state index in [4.69, 9.17) is 37.9 Å². The molecule has 13 rings (SSSR count). The summed E-state index contributed by atoms with van der Waals surface area (Å²) in [6.07, 6.45) is 10.3. The van der Waals surface area contributed by atoms with Gasteiger partial charge in [0.05, 0.1) is 62.7 Å². The van der Waals surface area contributed by atoms with Gasteiger partial charge >= 0.3 is 0 Å². The Hall–Kier alpha value is -2.68. The summed E-state index contributed by atoms with van der Waals surface area (Å²) < 4.78 is 51.5. The van der Waals surface area contributed by atoms with E-state index in [0.29, 0.717) is 50.7 Å². The Morgan fingerprint density at radius 1 is 0.607 bits per heavy atom. The molecule has 2 aromatic rings. The maximum atomic E-state index is 12.5. The molecule has 3 saturated carbocycles. The normalized spacial score (nSPS) is 44.0. The Labute approximate surface area is 360 Å². The van der Waals surface area contributed by atoms with Gasteiger partial charge in [0.15, 0.2) is 35.2 Å². The fourth-order valence-electron chi connectivity index (χ4n) is 15.3. The average Bonchev–Trinajstić information content (AvgIpc) is 3.75. The van der Waals surface area contributed by atoms with Crippen molar-refractivity contribution in [3.63, 3.8) is 0 Å². The van der Waals surface area contributed by atoms with E-state index < -0.39 is 33.6 Å². The first-order chi connectivity index (χ1) is 29.3. The maximum absolute atomic E-state index is 12.5. The van der Waals surface area contributed by atoms with Gasteiger partial charge in [-0.15, -0.1) is 0 Å². The first-order valence-electron chi connectivity index (χ1n) is 23.4. The molecule has 5 aliphatic carbocycles. The van der Waals surface area contributed by atoms with Gasteiger partial charge in [-0.3, -0.25) is 0 Å². The first kappa shape index (κ1) is 39.9. The summed E-state index contributed by atoms with van der Waals surface area (Å²) in [6, 6.07) is 8.52. The number of benzene rings is 2. The Morgan fingerprint density at radius 3 is 1.49 bits per heavy atom. The molecule has 12 nitrogen and oxygen atoms in total. The second kappa shape index (κ2) is 13.2. The minimum atomic E-state index is -0.861. The lowest BCUT2D eigenvalue weighted by Gasteiger charge is -2.66. The zero-order valence-electron chi connectivity index (χ0n) is 37.1. The van der Waals surface area contributed by atoms with Crippen LogP contribution in [0.1, 0.15) is 100 Å². The van der Waals surface area contributed by atoms with Crippen molar-refractivity contribution in [2.75, 3.05) is 67.8 Å². The number of nitrogens with zero attached hydrogens (tertiary/aromatic N) is 2. The van der Waals surface area contributed by atoms with Crippen LogP contribution in [-0.2, 0) is 42.6 Å². The van der Waals surface area contributed by atoms with Crippen LogP contribution in [0.15, 0.2) is 24.3 Å². The summed E-state index contributed by atoms with van der Waals surface area (Å²) in [5.74, 6) is 2.62. The van der Waals surface area contributed by atoms with Gasteiger partial charge in [0.2, 0.25) is 11.6 Å². The van der Waals surface area contributed by atoms with Crippen molar-refractivity contribution in [2.45, 2.75) is 149 Å². The standard InChI is InChI=1S/C26H35NO5.C23H31NO5/c1-27-12-11-24-21-16-7-8-19(29-2)22(21)32-23(24)26(10-9-25(24,28)20(27)13-16)30-14-17-5-3-4-6-18(17)15-31-26;1-20(2)12-27-23(28-13-20)8-7-22(25)16-11-14-5-6-15(26-4)18-17(14)21(22,19(23)29-18)9-10-24(16)3/h7-8,17-18,20,23,28H,3-6,9-15H2,1-2H3;5-6,16,19,25H,7-13H2,1-4H3/t17?,18?,20-,23?,24+,25?,26?;16-,19?,21+,22?/m11/s1. The largest absolute Gasteiger partial charge is 0.493 e. The average molecular weight is 843 g/mol. The molecule has 10 atom stereocenters. The quantitative estimate of drug-likeness (QED) is 0.410. The molecule has 0 radical (unpaired) electrons. The van der Waals surface area contributed by atoms with Crippen molar-refractivity contribution in [3.8, 4) is 23.0 Å². The van der Waals surface area contributed by atoms with Crippen LogP contribution in [0, 0.1) is 17.3 Å². The van der Waals surface area contributed by atoms with Crippen LogP contribution in [0.2, 0.25) is 0 Å². The molecule has 6 heterocycles. The lowest BCUT2D eigenvalue weighted by Crippen LogP contribution is -2.80. The highest BCUT2D eigenvalue weighted by molar-refractivity contribution is 5.64. The van der Waals surface area contributed by atoms with Crippen LogP contribution >= 0.6 is 0 Å². The summed E-state index contributed by atoms with van der Waals surface area (Å²) in [7, 11) is 7.67. The van der Waals surface area contributed by atoms with Crippen LogP contribution in [0.3, 0.4) is 0 Å². The zero-order valence-corrected chi connectivity index (χ0v) is 37.1. The van der Waals surface area contributed by atoms with E-state index >= 15 is 0 Å². The Bertz CT molecular complexity index is 2100. The zero-order chi connectivity index (χ0) is 42.0. The van der Waals surface area contributed by atoms with Crippen molar-refractivity contribution in [1.29, 1.82) is 0 Å². The van der Waals surface area contributed by atoms with Crippen LogP contribution < -0.4 is 18.9 Å². The molecule has 61 heavy (non-hydrogen) atoms. The van der Waals surface area contributed by atoms with Gasteiger partial charge in [0, 0.05) is 41.5 Å². The van der Waals surface area contributed by atoms with E-state index in [-0.39, 0.29) is 29.7 Å². The molecular weight excluding hydrogens is 777 g/mol. The topological polar surface area (TPSA) is 121 Å². The van der Waals surface area contributed by atoms with Crippen molar-refractivity contribution < 1.29 is 48.1 Å². The Morgan fingerprint density at radius 2 is 1.05 bits per heavy atom. The number of methoxy groups -OCH3 is 2. The lowest BCUT2D eigenvalue weighted by molar-refractivity contribution is -0.368. The number of likely N-dealkylation sites (N-methyl/N-ethyl adjacent to an activating group) is 2. The number of likely N-dealkylation sites (tertiary alicyclic amines) is 2. The fraction of sp³-hybridized carbons (Fsp3) is 0.755. The predicted octanol–water partition coefficient (Wildman–Crippen LogP) is 5.28. The molecule has 6 unspecified atom stereocenters. The third-order valence-electron chi connectivity index (χ3n) is 18.4. The van der Waals surface area contributed by atoms with Gasteiger partial charge in [-0.05, 0) is 114 Å². The van der Waals surface area contributed by atoms with Crippen molar-refractivity contribution in [2.24, 2.45) is 17.3 Å². The van der Waals surface area contributed by atoms with Crippen LogP contribution in [0.25, 0.3) is 0 Å². The number of hydrogen-bond acceptors (Lipinski definition) is 12. The van der Waals surface area contributed by atoms with E-state index in [1.165, 1.54) is 42.4 Å². The maximum Gasteiger partial charge on any atom is 0.207 e. The number of hydrogen-bond donors (Lipinski definition) is 2. The summed E-state index contributed by atoms with van der Waals surface area (Å²) in [5.41, 5.74) is 2.07. The van der Waals surface area contributed by atoms with E-state index in [9.17, 15) is 10.2 Å². The molecule has 4 saturated heterocycles. The molecule has 2 N–H and O–H groups in total. The third kappa shape index (κ3) is 4.95. The predicted molar refractivity (Wildman–Crippen MR) is 225 cm³/mol. The monoisotopic (exact) mass is 842 g/mol. The molecule has 0 amide bonds. The van der Waals surface area contributed by atoms with Crippen LogP contribution in [0.5, 0.6) is 23.0 Å². The number of ether oxygens (including phenoxy) is 8. The van der Waals surface area contributed by atoms with Crippen molar-refractivity contribution >= 4 is 0 Å². The van der Waals surface area contributed by atoms with Gasteiger partial charge < -0.3 is 57.9 Å². The van der Waals surface area contributed by atoms with Gasteiger partial charge in [-0.2, -0.15) is 0 Å². The molecule has 11 aliphatic rings. The highest BCUT2D eigenvalue weighted by Gasteiger charge is 2.79. The summed E-state index contributed by atoms with van der Waals surface area (Å²) in [6.45, 7) is 8.92. The van der Waals surface area contributed by atoms with E-state index in [2.05, 4.69) is 49.9 Å². The first-order valence-corrected chi connectivity index (χ1v) is 23.4. The molecule has 6 aliphatic heterocycles. The molecule has 4 bridgehead atoms. The van der Waals surface area contributed by atoms with E-state index in [0.717, 1.165) is 80.5 Å². The van der Waals surface area contributed by atoms with Crippen LogP contribution in [0.4, 0.5) is 0 Å². The fourth-order valence-corrected chi connectivity index (χ4v) is 15.3. The Balaban J connectivity index is 0.000000131. The SMILES string of the molecule is COc1ccc2c3c1OC1C4(CCC5(O)[C@@H](C2)N(C)CC[C@]315)OCC(C)(C)CO4.COc1ccc2c3c1OC1C4(CCC5(O)[C@@H](C2)N(C)CC[C@]315)OCC1CCCCC1CO4. The van der Waals surface area contributed by atoms with E-state index in [1.54, 1.807) is 14.2 Å². The second-order valence-electron chi connectivity index (χ2n) is 21.7. The number of piperidine rings is 2. The number of rotatable bonds is 2.